The summed E-state index contributed by atoms with van der Waals surface area (Å²) in [6.07, 6.45) is 6.81. The van der Waals surface area contributed by atoms with Crippen molar-refractivity contribution in [3.8, 4) is 0 Å². The van der Waals surface area contributed by atoms with Crippen molar-refractivity contribution >= 4 is 17.3 Å². The van der Waals surface area contributed by atoms with Crippen LogP contribution in [-0.2, 0) is 6.54 Å². The highest BCUT2D eigenvalue weighted by Crippen LogP contribution is 2.25. The number of nitrogens with zero attached hydrogens (tertiary/aromatic N) is 2. The molecule has 1 aromatic rings. The Labute approximate surface area is 106 Å². The SMILES string of the molecule is CCn1ncc(NCC2CCCC2)c(Cl)c1=O. The lowest BCUT2D eigenvalue weighted by Crippen LogP contribution is -2.24. The second-order valence-electron chi connectivity index (χ2n) is 4.52. The summed E-state index contributed by atoms with van der Waals surface area (Å²) in [5.74, 6) is 0.708. The quantitative estimate of drug-likeness (QED) is 0.899. The van der Waals surface area contributed by atoms with Gasteiger partial charge < -0.3 is 5.32 Å². The van der Waals surface area contributed by atoms with Gasteiger partial charge in [0.15, 0.2) is 0 Å². The third-order valence-electron chi connectivity index (χ3n) is 3.34. The van der Waals surface area contributed by atoms with E-state index in [0.717, 1.165) is 6.54 Å². The number of aryl methyl sites for hydroxylation is 1. The lowest BCUT2D eigenvalue weighted by Gasteiger charge is -2.13. The normalized spacial score (nSPS) is 16.4. The summed E-state index contributed by atoms with van der Waals surface area (Å²) in [4.78, 5) is 11.7. The summed E-state index contributed by atoms with van der Waals surface area (Å²) in [6, 6.07) is 0. The van der Waals surface area contributed by atoms with Crippen molar-refractivity contribution < 1.29 is 0 Å². The molecule has 1 heterocycles. The minimum atomic E-state index is -0.217. The molecule has 17 heavy (non-hydrogen) atoms. The van der Waals surface area contributed by atoms with Crippen molar-refractivity contribution in [1.82, 2.24) is 9.78 Å². The van der Waals surface area contributed by atoms with Crippen LogP contribution in [0.15, 0.2) is 11.0 Å². The zero-order valence-corrected chi connectivity index (χ0v) is 10.8. The molecule has 5 heteroatoms. The topological polar surface area (TPSA) is 46.9 Å². The maximum absolute atomic E-state index is 11.7. The average Bonchev–Trinajstić information content (AvgIpc) is 2.84. The molecule has 1 saturated carbocycles. The summed E-state index contributed by atoms with van der Waals surface area (Å²) >= 11 is 6.03. The van der Waals surface area contributed by atoms with E-state index in [0.29, 0.717) is 18.2 Å². The highest BCUT2D eigenvalue weighted by Gasteiger charge is 2.15. The Morgan fingerprint density at radius 2 is 2.24 bits per heavy atom. The van der Waals surface area contributed by atoms with E-state index in [1.807, 2.05) is 6.92 Å². The van der Waals surface area contributed by atoms with Gasteiger partial charge >= 0.3 is 0 Å². The van der Waals surface area contributed by atoms with Crippen LogP contribution in [0.1, 0.15) is 32.6 Å². The van der Waals surface area contributed by atoms with Crippen LogP contribution in [0.25, 0.3) is 0 Å². The van der Waals surface area contributed by atoms with Crippen molar-refractivity contribution in [3.63, 3.8) is 0 Å². The Morgan fingerprint density at radius 3 is 2.88 bits per heavy atom. The van der Waals surface area contributed by atoms with Crippen LogP contribution in [-0.4, -0.2) is 16.3 Å². The molecule has 4 nitrogen and oxygen atoms in total. The molecule has 1 fully saturated rings. The number of halogens is 1. The van der Waals surface area contributed by atoms with Gasteiger partial charge in [-0.25, -0.2) is 4.68 Å². The van der Waals surface area contributed by atoms with E-state index in [1.54, 1.807) is 6.20 Å². The fraction of sp³-hybridized carbons (Fsp3) is 0.667. The molecule has 1 aliphatic rings. The molecule has 1 N–H and O–H groups in total. The molecule has 1 aliphatic carbocycles. The minimum absolute atomic E-state index is 0.217. The van der Waals surface area contributed by atoms with Crippen LogP contribution < -0.4 is 10.9 Å². The average molecular weight is 256 g/mol. The lowest BCUT2D eigenvalue weighted by atomic mass is 10.1. The standard InChI is InChI=1S/C12H18ClN3O/c1-2-16-12(17)11(13)10(8-15-16)14-7-9-5-3-4-6-9/h8-9,14H,2-7H2,1H3. The van der Waals surface area contributed by atoms with Crippen molar-refractivity contribution in [1.29, 1.82) is 0 Å². The molecular weight excluding hydrogens is 238 g/mol. The summed E-state index contributed by atoms with van der Waals surface area (Å²) in [6.45, 7) is 3.30. The first-order valence-corrected chi connectivity index (χ1v) is 6.59. The molecule has 94 valence electrons. The highest BCUT2D eigenvalue weighted by atomic mass is 35.5. The van der Waals surface area contributed by atoms with Crippen molar-refractivity contribution in [3.05, 3.63) is 21.6 Å². The molecule has 0 atom stereocenters. The minimum Gasteiger partial charge on any atom is -0.382 e. The summed E-state index contributed by atoms with van der Waals surface area (Å²) in [5, 5.41) is 7.55. The first kappa shape index (κ1) is 12.4. The smallest absolute Gasteiger partial charge is 0.287 e. The largest absolute Gasteiger partial charge is 0.382 e. The van der Waals surface area contributed by atoms with Crippen LogP contribution in [0.2, 0.25) is 5.02 Å². The Bertz CT molecular complexity index is 438. The number of nitrogens with one attached hydrogen (secondary N) is 1. The monoisotopic (exact) mass is 255 g/mol. The molecular formula is C12H18ClN3O. The van der Waals surface area contributed by atoms with E-state index >= 15 is 0 Å². The van der Waals surface area contributed by atoms with E-state index in [4.69, 9.17) is 11.6 Å². The van der Waals surface area contributed by atoms with E-state index in [-0.39, 0.29) is 10.6 Å². The molecule has 0 aromatic carbocycles. The van der Waals surface area contributed by atoms with Crippen molar-refractivity contribution in [2.75, 3.05) is 11.9 Å². The van der Waals surface area contributed by atoms with Crippen LogP contribution in [0.4, 0.5) is 5.69 Å². The number of anilines is 1. The Balaban J connectivity index is 2.05. The van der Waals surface area contributed by atoms with Crippen molar-refractivity contribution in [2.24, 2.45) is 5.92 Å². The predicted octanol–water partition coefficient (Wildman–Crippen LogP) is 2.52. The fourth-order valence-corrected chi connectivity index (χ4v) is 2.50. The second kappa shape index (κ2) is 5.54. The first-order valence-electron chi connectivity index (χ1n) is 6.22. The van der Waals surface area contributed by atoms with Gasteiger partial charge in [-0.1, -0.05) is 24.4 Å². The summed E-state index contributed by atoms with van der Waals surface area (Å²) in [5.41, 5.74) is 0.443. The van der Waals surface area contributed by atoms with Gasteiger partial charge in [0.05, 0.1) is 11.9 Å². The fourth-order valence-electron chi connectivity index (χ4n) is 2.28. The van der Waals surface area contributed by atoms with Crippen molar-refractivity contribution in [2.45, 2.75) is 39.2 Å². The molecule has 0 spiro atoms. The van der Waals surface area contributed by atoms with Gasteiger partial charge in [0.1, 0.15) is 5.02 Å². The molecule has 2 rings (SSSR count). The Kier molecular flexibility index (Phi) is 4.05. The third-order valence-corrected chi connectivity index (χ3v) is 3.71. The molecule has 0 unspecified atom stereocenters. The van der Waals surface area contributed by atoms with Gasteiger partial charge in [-0.2, -0.15) is 5.10 Å². The Hall–Kier alpha value is -1.03. The van der Waals surface area contributed by atoms with Crippen LogP contribution in [0, 0.1) is 5.92 Å². The van der Waals surface area contributed by atoms with Gasteiger partial charge in [0.25, 0.3) is 5.56 Å². The lowest BCUT2D eigenvalue weighted by molar-refractivity contribution is 0.577. The first-order chi connectivity index (χ1) is 8.22. The van der Waals surface area contributed by atoms with Crippen LogP contribution >= 0.6 is 11.6 Å². The number of aromatic nitrogens is 2. The Morgan fingerprint density at radius 1 is 1.53 bits per heavy atom. The molecule has 0 saturated heterocycles. The van der Waals surface area contributed by atoms with Gasteiger partial charge in [-0.15, -0.1) is 0 Å². The number of hydrogen-bond donors (Lipinski definition) is 1. The van der Waals surface area contributed by atoms with E-state index < -0.39 is 0 Å². The van der Waals surface area contributed by atoms with Gasteiger partial charge in [0, 0.05) is 13.1 Å². The number of hydrogen-bond acceptors (Lipinski definition) is 3. The summed E-state index contributed by atoms with van der Waals surface area (Å²) < 4.78 is 1.36. The van der Waals surface area contributed by atoms with Crippen LogP contribution in [0.3, 0.4) is 0 Å². The molecule has 0 aliphatic heterocycles. The predicted molar refractivity (Wildman–Crippen MR) is 69.6 cm³/mol. The van der Waals surface area contributed by atoms with E-state index in [2.05, 4.69) is 10.4 Å². The van der Waals surface area contributed by atoms with E-state index in [9.17, 15) is 4.79 Å². The third kappa shape index (κ3) is 2.80. The maximum Gasteiger partial charge on any atom is 0.287 e. The maximum atomic E-state index is 11.7. The van der Waals surface area contributed by atoms with Gasteiger partial charge in [-0.05, 0) is 25.7 Å². The summed E-state index contributed by atoms with van der Waals surface area (Å²) in [7, 11) is 0. The molecule has 0 radical (unpaired) electrons. The zero-order chi connectivity index (χ0) is 12.3. The van der Waals surface area contributed by atoms with Gasteiger partial charge in [0.2, 0.25) is 0 Å². The van der Waals surface area contributed by atoms with Crippen LogP contribution in [0.5, 0.6) is 0 Å². The van der Waals surface area contributed by atoms with E-state index in [1.165, 1.54) is 30.4 Å². The second-order valence-corrected chi connectivity index (χ2v) is 4.90. The molecule has 0 amide bonds. The highest BCUT2D eigenvalue weighted by molar-refractivity contribution is 6.32. The molecule has 1 aromatic heterocycles. The zero-order valence-electron chi connectivity index (χ0n) is 10.1. The number of rotatable bonds is 4. The molecule has 0 bridgehead atoms. The van der Waals surface area contributed by atoms with Gasteiger partial charge in [-0.3, -0.25) is 4.79 Å².